The number of aryl methyl sites for hydroxylation is 1. The summed E-state index contributed by atoms with van der Waals surface area (Å²) in [4.78, 5) is 13.3. The van der Waals surface area contributed by atoms with Crippen molar-refractivity contribution in [3.05, 3.63) is 90.4 Å². The highest BCUT2D eigenvalue weighted by molar-refractivity contribution is 6.00. The van der Waals surface area contributed by atoms with E-state index < -0.39 is 0 Å². The smallest absolute Gasteiger partial charge is 0.292 e. The van der Waals surface area contributed by atoms with E-state index in [1.54, 1.807) is 20.2 Å². The van der Waals surface area contributed by atoms with Crippen LogP contribution in [0.25, 0.3) is 22.6 Å². The minimum Gasteiger partial charge on any atom is -0.292 e. The molecule has 0 unspecified atom stereocenters. The topological polar surface area (TPSA) is 94.6 Å². The van der Waals surface area contributed by atoms with Crippen molar-refractivity contribution in [1.82, 2.24) is 29.3 Å². The summed E-state index contributed by atoms with van der Waals surface area (Å²) in [7, 11) is 1.87. The zero-order chi connectivity index (χ0) is 24.6. The number of amides is 2. The summed E-state index contributed by atoms with van der Waals surface area (Å²) in [6.45, 7) is 1.95. The molecular formula is C27H26N8O. The monoisotopic (exact) mass is 478 g/mol. The van der Waals surface area contributed by atoms with Crippen molar-refractivity contribution in [3.63, 3.8) is 0 Å². The molecule has 2 aromatic carbocycles. The SMILES string of the molecule is Cc1c(-c2cnn(C)c2)nn(-c2ccccc2)c1NC(=O)Nc1cc(C2CC2)nn1-c1ccccc1. The number of para-hydroxylation sites is 2. The van der Waals surface area contributed by atoms with Gasteiger partial charge in [0, 0.05) is 36.4 Å². The van der Waals surface area contributed by atoms with E-state index in [4.69, 9.17) is 10.2 Å². The molecule has 5 aromatic rings. The van der Waals surface area contributed by atoms with Gasteiger partial charge < -0.3 is 0 Å². The first-order valence-corrected chi connectivity index (χ1v) is 11.9. The van der Waals surface area contributed by atoms with Crippen LogP contribution in [0.5, 0.6) is 0 Å². The minimum atomic E-state index is -0.368. The number of benzene rings is 2. The van der Waals surface area contributed by atoms with Crippen LogP contribution >= 0.6 is 0 Å². The van der Waals surface area contributed by atoms with Crippen molar-refractivity contribution in [2.24, 2.45) is 7.05 Å². The Morgan fingerprint density at radius 2 is 1.58 bits per heavy atom. The van der Waals surface area contributed by atoms with Gasteiger partial charge in [-0.2, -0.15) is 15.3 Å². The van der Waals surface area contributed by atoms with Gasteiger partial charge in [0.2, 0.25) is 0 Å². The minimum absolute atomic E-state index is 0.368. The maximum atomic E-state index is 13.3. The summed E-state index contributed by atoms with van der Waals surface area (Å²) in [6, 6.07) is 21.2. The van der Waals surface area contributed by atoms with E-state index in [2.05, 4.69) is 15.7 Å². The molecule has 180 valence electrons. The van der Waals surface area contributed by atoms with Gasteiger partial charge in [0.15, 0.2) is 0 Å². The van der Waals surface area contributed by atoms with Gasteiger partial charge in [0.25, 0.3) is 0 Å². The normalized spacial score (nSPS) is 13.1. The summed E-state index contributed by atoms with van der Waals surface area (Å²) in [6.07, 6.45) is 5.94. The third kappa shape index (κ3) is 4.15. The lowest BCUT2D eigenvalue weighted by molar-refractivity contribution is 0.262. The van der Waals surface area contributed by atoms with Crippen molar-refractivity contribution in [2.45, 2.75) is 25.7 Å². The van der Waals surface area contributed by atoms with Gasteiger partial charge in [-0.15, -0.1) is 0 Å². The van der Waals surface area contributed by atoms with Crippen LogP contribution in [-0.2, 0) is 7.05 Å². The van der Waals surface area contributed by atoms with E-state index in [0.29, 0.717) is 17.6 Å². The highest BCUT2D eigenvalue weighted by Crippen LogP contribution is 2.40. The maximum Gasteiger partial charge on any atom is 0.326 e. The first-order valence-electron chi connectivity index (χ1n) is 11.9. The van der Waals surface area contributed by atoms with Crippen LogP contribution in [0.3, 0.4) is 0 Å². The fourth-order valence-corrected chi connectivity index (χ4v) is 4.30. The van der Waals surface area contributed by atoms with E-state index >= 15 is 0 Å². The summed E-state index contributed by atoms with van der Waals surface area (Å²) < 4.78 is 5.27. The van der Waals surface area contributed by atoms with Crippen LogP contribution in [0.1, 0.15) is 30.0 Å². The average molecular weight is 479 g/mol. The van der Waals surface area contributed by atoms with Crippen LogP contribution in [0.15, 0.2) is 79.1 Å². The van der Waals surface area contributed by atoms with E-state index in [9.17, 15) is 4.79 Å². The van der Waals surface area contributed by atoms with Crippen LogP contribution in [0.4, 0.5) is 16.4 Å². The number of urea groups is 1. The number of carbonyl (C=O) groups is 1. The lowest BCUT2D eigenvalue weighted by Gasteiger charge is -2.12. The van der Waals surface area contributed by atoms with E-state index in [0.717, 1.165) is 46.7 Å². The summed E-state index contributed by atoms with van der Waals surface area (Å²) in [5, 5.41) is 19.9. The Bertz CT molecular complexity index is 1530. The Kier molecular flexibility index (Phi) is 5.37. The Morgan fingerprint density at radius 3 is 2.19 bits per heavy atom. The number of nitrogens with one attached hydrogen (secondary N) is 2. The highest BCUT2D eigenvalue weighted by atomic mass is 16.2. The number of rotatable bonds is 6. The fourth-order valence-electron chi connectivity index (χ4n) is 4.30. The molecule has 9 nitrogen and oxygen atoms in total. The third-order valence-corrected chi connectivity index (χ3v) is 6.30. The van der Waals surface area contributed by atoms with Crippen molar-refractivity contribution in [2.75, 3.05) is 10.6 Å². The predicted octanol–water partition coefficient (Wildman–Crippen LogP) is 5.29. The van der Waals surface area contributed by atoms with Gasteiger partial charge in [0.1, 0.15) is 17.3 Å². The number of anilines is 2. The number of nitrogens with zero attached hydrogens (tertiary/aromatic N) is 6. The van der Waals surface area contributed by atoms with Crippen molar-refractivity contribution in [1.29, 1.82) is 0 Å². The number of aromatic nitrogens is 6. The second kappa shape index (κ2) is 8.84. The quantitative estimate of drug-likeness (QED) is 0.347. The van der Waals surface area contributed by atoms with Crippen molar-refractivity contribution in [3.8, 4) is 22.6 Å². The molecule has 0 aliphatic heterocycles. The Labute approximate surface area is 208 Å². The zero-order valence-corrected chi connectivity index (χ0v) is 20.1. The molecule has 3 heterocycles. The molecule has 0 spiro atoms. The molecule has 2 N–H and O–H groups in total. The lowest BCUT2D eigenvalue weighted by Crippen LogP contribution is -2.23. The van der Waals surface area contributed by atoms with Crippen molar-refractivity contribution >= 4 is 17.7 Å². The lowest BCUT2D eigenvalue weighted by atomic mass is 10.1. The molecular weight excluding hydrogens is 452 g/mol. The average Bonchev–Trinajstić information content (AvgIpc) is 3.41. The first-order chi connectivity index (χ1) is 17.6. The highest BCUT2D eigenvalue weighted by Gasteiger charge is 2.28. The second-order valence-electron chi connectivity index (χ2n) is 9.03. The Balaban J connectivity index is 1.34. The predicted molar refractivity (Wildman–Crippen MR) is 139 cm³/mol. The number of carbonyl (C=O) groups excluding carboxylic acids is 1. The first kappa shape index (κ1) is 21.8. The van der Waals surface area contributed by atoms with Gasteiger partial charge >= 0.3 is 6.03 Å². The summed E-state index contributed by atoms with van der Waals surface area (Å²) in [5.41, 5.74) is 5.22. The number of hydrogen-bond acceptors (Lipinski definition) is 4. The molecule has 6 rings (SSSR count). The molecule has 0 saturated heterocycles. The van der Waals surface area contributed by atoms with E-state index in [1.807, 2.05) is 86.9 Å². The molecule has 1 fully saturated rings. The fraction of sp³-hybridized carbons (Fsp3) is 0.185. The molecule has 3 aromatic heterocycles. The molecule has 1 aliphatic carbocycles. The van der Waals surface area contributed by atoms with Gasteiger partial charge in [-0.3, -0.25) is 15.3 Å². The molecule has 36 heavy (non-hydrogen) atoms. The molecule has 0 radical (unpaired) electrons. The Hall–Kier alpha value is -4.66. The molecule has 2 amide bonds. The van der Waals surface area contributed by atoms with Gasteiger partial charge in [-0.1, -0.05) is 36.4 Å². The molecule has 1 saturated carbocycles. The van der Waals surface area contributed by atoms with Crippen LogP contribution in [0, 0.1) is 6.92 Å². The largest absolute Gasteiger partial charge is 0.326 e. The molecule has 0 atom stereocenters. The summed E-state index contributed by atoms with van der Waals surface area (Å²) >= 11 is 0. The van der Waals surface area contributed by atoms with Crippen molar-refractivity contribution < 1.29 is 4.79 Å². The van der Waals surface area contributed by atoms with Gasteiger partial charge in [-0.05, 0) is 44.0 Å². The Morgan fingerprint density at radius 1 is 0.917 bits per heavy atom. The van der Waals surface area contributed by atoms with E-state index in [-0.39, 0.29) is 6.03 Å². The van der Waals surface area contributed by atoms with E-state index in [1.165, 1.54) is 0 Å². The van der Waals surface area contributed by atoms with Gasteiger partial charge in [0.05, 0.1) is 23.3 Å². The maximum absolute atomic E-state index is 13.3. The number of hydrogen-bond donors (Lipinski definition) is 2. The molecule has 1 aliphatic rings. The molecule has 0 bridgehead atoms. The van der Waals surface area contributed by atoms with Gasteiger partial charge in [-0.25, -0.2) is 14.2 Å². The standard InChI is InChI=1S/C27H26N8O/c1-18-25(20-16-28-33(2)17-20)32-35(22-11-7-4-8-12-22)26(18)30-27(36)29-24-15-23(19-13-14-19)31-34(24)21-9-5-3-6-10-21/h3-12,15-17,19H,13-14H2,1-2H3,(H2,29,30,36). The zero-order valence-electron chi connectivity index (χ0n) is 20.1. The van der Waals surface area contributed by atoms with Crippen LogP contribution < -0.4 is 10.6 Å². The van der Waals surface area contributed by atoms with Crippen LogP contribution in [0.2, 0.25) is 0 Å². The van der Waals surface area contributed by atoms with Crippen LogP contribution in [-0.4, -0.2) is 35.4 Å². The summed E-state index contributed by atoms with van der Waals surface area (Å²) in [5.74, 6) is 1.67. The molecule has 9 heteroatoms. The third-order valence-electron chi connectivity index (χ3n) is 6.30. The second-order valence-corrected chi connectivity index (χ2v) is 9.03.